The van der Waals surface area contributed by atoms with Gasteiger partial charge in [-0.15, -0.1) is 0 Å². The van der Waals surface area contributed by atoms with Gasteiger partial charge in [0.25, 0.3) is 0 Å². The highest BCUT2D eigenvalue weighted by atomic mass is 28.4. The summed E-state index contributed by atoms with van der Waals surface area (Å²) in [5, 5.41) is 0.0561. The van der Waals surface area contributed by atoms with Crippen molar-refractivity contribution in [3.8, 4) is 0 Å². The topological polar surface area (TPSA) is 71.1 Å². The minimum atomic E-state index is -2.09. The number of rotatable bonds is 18. The highest BCUT2D eigenvalue weighted by molar-refractivity contribution is 6.74. The molecular weight excluding hydrogens is 617 g/mol. The molecule has 1 heterocycles. The van der Waals surface area contributed by atoms with Crippen molar-refractivity contribution < 1.29 is 28.2 Å². The van der Waals surface area contributed by atoms with Gasteiger partial charge >= 0.3 is 11.9 Å². The highest BCUT2D eigenvalue weighted by Gasteiger charge is 2.39. The number of methoxy groups -OCH3 is 1. The summed E-state index contributed by atoms with van der Waals surface area (Å²) in [4.78, 5) is 24.7. The molecule has 0 radical (unpaired) electrons. The fraction of sp³-hybridized carbons (Fsp3) is 0.561. The first-order valence-electron chi connectivity index (χ1n) is 17.5. The minimum Gasteiger partial charge on any atom is -0.469 e. The van der Waals surface area contributed by atoms with Gasteiger partial charge in [-0.2, -0.15) is 0 Å². The fourth-order valence-corrected chi connectivity index (χ4v) is 6.87. The van der Waals surface area contributed by atoms with E-state index in [0.717, 1.165) is 36.0 Å². The third-order valence-electron chi connectivity index (χ3n) is 9.59. The molecular formula is C41H62O6Si. The van der Waals surface area contributed by atoms with E-state index in [0.29, 0.717) is 24.8 Å². The number of carbonyl (C=O) groups excluding carboxylic acids is 2. The SMILES string of the molecule is C=C(C[C@@H](/C=C/[C@H]1CC(=C)[C@@H](CC[C@@H](C/C=C/C)OC(=O)c2ccccc2)O1)O[Si](C)(C)C(C)(C)C)/C(C)=C/[C@H](C)C[C@@H](C)C(=O)OC. The first-order chi connectivity index (χ1) is 22.5. The molecule has 1 aromatic carbocycles. The maximum atomic E-state index is 12.7. The van der Waals surface area contributed by atoms with Gasteiger partial charge in [0.1, 0.15) is 6.10 Å². The maximum absolute atomic E-state index is 12.7. The van der Waals surface area contributed by atoms with Gasteiger partial charge in [0, 0.05) is 19.3 Å². The molecule has 48 heavy (non-hydrogen) atoms. The zero-order valence-electron chi connectivity index (χ0n) is 31.3. The number of esters is 2. The normalized spacial score (nSPS) is 20.1. The van der Waals surface area contributed by atoms with Crippen molar-refractivity contribution in [1.29, 1.82) is 0 Å². The lowest BCUT2D eigenvalue weighted by Crippen LogP contribution is -2.43. The first-order valence-corrected chi connectivity index (χ1v) is 20.4. The van der Waals surface area contributed by atoms with Crippen LogP contribution in [-0.2, 0) is 23.4 Å². The molecule has 6 atom stereocenters. The molecule has 0 aliphatic carbocycles. The average molecular weight is 679 g/mol. The lowest BCUT2D eigenvalue weighted by molar-refractivity contribution is -0.145. The van der Waals surface area contributed by atoms with Crippen molar-refractivity contribution in [3.63, 3.8) is 0 Å². The first kappa shape index (κ1) is 41.2. The van der Waals surface area contributed by atoms with Gasteiger partial charge in [-0.3, -0.25) is 4.79 Å². The fourth-order valence-electron chi connectivity index (χ4n) is 5.60. The molecule has 0 saturated carbocycles. The molecule has 7 heteroatoms. The Labute approximate surface area is 292 Å². The van der Waals surface area contributed by atoms with Gasteiger partial charge in [0.05, 0.1) is 36.9 Å². The van der Waals surface area contributed by atoms with Crippen LogP contribution in [0.2, 0.25) is 18.1 Å². The Hall–Kier alpha value is -3.00. The number of carbonyl (C=O) groups is 2. The standard InChI is InChI=1S/C41H62O6Si/c1-13-14-20-35(46-40(43)34-18-16-15-17-19-34)23-24-38-32(5)28-36(45-38)21-22-37(47-48(11,12)41(7,8)9)27-31(4)30(3)25-29(2)26-33(6)39(42)44-10/h13-19,21-22,25,29,33,35-38H,4-5,20,23-24,26-28H2,1-3,6-12H3/b14-13+,22-21+,30-25+/t29-,33+,35+,36-,37+,38+/m0/s1. The Bertz CT molecular complexity index is 1300. The zero-order valence-corrected chi connectivity index (χ0v) is 32.3. The number of hydrogen-bond donors (Lipinski definition) is 0. The van der Waals surface area contributed by atoms with E-state index in [9.17, 15) is 9.59 Å². The van der Waals surface area contributed by atoms with Crippen LogP contribution in [0.3, 0.4) is 0 Å². The number of ether oxygens (including phenoxy) is 3. The van der Waals surface area contributed by atoms with E-state index >= 15 is 0 Å². The lowest BCUT2D eigenvalue weighted by atomic mass is 9.93. The van der Waals surface area contributed by atoms with Gasteiger partial charge in [-0.25, -0.2) is 4.79 Å². The van der Waals surface area contributed by atoms with E-state index in [1.54, 1.807) is 12.1 Å². The summed E-state index contributed by atoms with van der Waals surface area (Å²) in [7, 11) is -0.653. The number of hydrogen-bond acceptors (Lipinski definition) is 6. The minimum absolute atomic E-state index is 0.0561. The van der Waals surface area contributed by atoms with Gasteiger partial charge in [-0.05, 0) is 80.4 Å². The molecule has 1 saturated heterocycles. The van der Waals surface area contributed by atoms with Gasteiger partial charge < -0.3 is 18.6 Å². The van der Waals surface area contributed by atoms with Crippen LogP contribution in [-0.4, -0.2) is 51.8 Å². The van der Waals surface area contributed by atoms with Gasteiger partial charge in [0.15, 0.2) is 8.32 Å². The molecule has 0 spiro atoms. The Balaban J connectivity index is 2.11. The smallest absolute Gasteiger partial charge is 0.338 e. The largest absolute Gasteiger partial charge is 0.469 e. The van der Waals surface area contributed by atoms with E-state index in [4.69, 9.17) is 18.6 Å². The molecule has 2 rings (SSSR count). The van der Waals surface area contributed by atoms with Gasteiger partial charge in [0.2, 0.25) is 0 Å². The average Bonchev–Trinajstić information content (AvgIpc) is 3.38. The van der Waals surface area contributed by atoms with Crippen LogP contribution in [0.5, 0.6) is 0 Å². The summed E-state index contributed by atoms with van der Waals surface area (Å²) in [6.45, 7) is 28.1. The van der Waals surface area contributed by atoms with E-state index in [1.165, 1.54) is 7.11 Å². The molecule has 0 unspecified atom stereocenters. The number of benzene rings is 1. The Morgan fingerprint density at radius 3 is 2.42 bits per heavy atom. The Morgan fingerprint density at radius 1 is 1.15 bits per heavy atom. The van der Waals surface area contributed by atoms with E-state index in [2.05, 4.69) is 79.1 Å². The van der Waals surface area contributed by atoms with Crippen molar-refractivity contribution in [2.45, 2.75) is 130 Å². The van der Waals surface area contributed by atoms with Crippen LogP contribution in [0.15, 0.2) is 90.6 Å². The van der Waals surface area contributed by atoms with Crippen molar-refractivity contribution in [3.05, 3.63) is 96.2 Å². The van der Waals surface area contributed by atoms with Crippen LogP contribution in [0, 0.1) is 11.8 Å². The highest BCUT2D eigenvalue weighted by Crippen LogP contribution is 2.39. The third kappa shape index (κ3) is 13.5. The second-order valence-corrected chi connectivity index (χ2v) is 19.7. The number of allylic oxidation sites excluding steroid dienone is 3. The van der Waals surface area contributed by atoms with Crippen LogP contribution in [0.4, 0.5) is 0 Å². The molecule has 0 bridgehead atoms. The third-order valence-corrected chi connectivity index (χ3v) is 14.1. The zero-order chi connectivity index (χ0) is 36.1. The molecule has 1 aromatic rings. The monoisotopic (exact) mass is 678 g/mol. The summed E-state index contributed by atoms with van der Waals surface area (Å²) in [5.74, 6) is -0.436. The summed E-state index contributed by atoms with van der Waals surface area (Å²) in [5.41, 5.74) is 3.75. The van der Waals surface area contributed by atoms with Gasteiger partial charge in [-0.1, -0.05) is 102 Å². The molecule has 0 amide bonds. The second-order valence-electron chi connectivity index (χ2n) is 14.9. The second kappa shape index (κ2) is 19.3. The van der Waals surface area contributed by atoms with Crippen LogP contribution < -0.4 is 0 Å². The predicted molar refractivity (Wildman–Crippen MR) is 200 cm³/mol. The quantitative estimate of drug-likeness (QED) is 0.0666. The molecule has 0 N–H and O–H groups in total. The van der Waals surface area contributed by atoms with E-state index in [1.807, 2.05) is 44.2 Å². The molecule has 1 aliphatic rings. The van der Waals surface area contributed by atoms with Crippen molar-refractivity contribution in [2.24, 2.45) is 11.8 Å². The molecule has 1 fully saturated rings. The maximum Gasteiger partial charge on any atom is 0.338 e. The van der Waals surface area contributed by atoms with E-state index < -0.39 is 8.32 Å². The summed E-state index contributed by atoms with van der Waals surface area (Å²) < 4.78 is 24.2. The van der Waals surface area contributed by atoms with Crippen LogP contribution in [0.1, 0.15) is 97.3 Å². The summed E-state index contributed by atoms with van der Waals surface area (Å²) >= 11 is 0. The van der Waals surface area contributed by atoms with Crippen molar-refractivity contribution >= 4 is 20.3 Å². The summed E-state index contributed by atoms with van der Waals surface area (Å²) in [6, 6.07) is 9.12. The predicted octanol–water partition coefficient (Wildman–Crippen LogP) is 10.3. The lowest BCUT2D eigenvalue weighted by Gasteiger charge is -2.39. The molecule has 1 aliphatic heterocycles. The molecule has 0 aromatic heterocycles. The Kier molecular flexibility index (Phi) is 16.5. The Morgan fingerprint density at radius 2 is 1.81 bits per heavy atom. The molecule has 266 valence electrons. The summed E-state index contributed by atoms with van der Waals surface area (Å²) in [6.07, 6.45) is 14.1. The van der Waals surface area contributed by atoms with Crippen molar-refractivity contribution in [1.82, 2.24) is 0 Å². The van der Waals surface area contributed by atoms with Crippen LogP contribution >= 0.6 is 0 Å². The van der Waals surface area contributed by atoms with Crippen LogP contribution in [0.25, 0.3) is 0 Å². The van der Waals surface area contributed by atoms with Crippen molar-refractivity contribution in [2.75, 3.05) is 7.11 Å². The molecule has 6 nitrogen and oxygen atoms in total. The van der Waals surface area contributed by atoms with E-state index in [-0.39, 0.29) is 53.2 Å².